The molecule has 0 fully saturated rings. The van der Waals surface area contributed by atoms with E-state index in [1.807, 2.05) is 42.5 Å². The fourth-order valence-electron chi connectivity index (χ4n) is 5.97. The number of rotatable bonds is 13. The fraction of sp³-hybridized carbons (Fsp3) is 0.190. The summed E-state index contributed by atoms with van der Waals surface area (Å²) in [5.41, 5.74) is 3.76. The second kappa shape index (κ2) is 17.7. The van der Waals surface area contributed by atoms with E-state index in [-0.39, 0.29) is 18.2 Å². The summed E-state index contributed by atoms with van der Waals surface area (Å²) in [5.74, 6) is -1.08. The van der Waals surface area contributed by atoms with Gasteiger partial charge in [0.2, 0.25) is 5.91 Å². The zero-order chi connectivity index (χ0) is 37.2. The number of fused-ring (bicyclic) bond motifs is 1. The molecule has 1 atom stereocenters. The summed E-state index contributed by atoms with van der Waals surface area (Å²) in [5, 5.41) is 8.58. The number of methoxy groups -OCH3 is 1. The van der Waals surface area contributed by atoms with Crippen LogP contribution in [0.15, 0.2) is 120 Å². The summed E-state index contributed by atoms with van der Waals surface area (Å²) in [7, 11) is 1.56. The molecule has 5 aromatic rings. The van der Waals surface area contributed by atoms with Gasteiger partial charge in [-0.05, 0) is 97.8 Å². The number of hydrogen-bond donors (Lipinski definition) is 3. The number of aryl methyl sites for hydroxylation is 1. The van der Waals surface area contributed by atoms with E-state index >= 15 is 0 Å². The van der Waals surface area contributed by atoms with Crippen molar-refractivity contribution in [3.63, 3.8) is 0 Å². The van der Waals surface area contributed by atoms with Gasteiger partial charge in [-0.1, -0.05) is 66.7 Å². The topological polar surface area (TPSA) is 123 Å². The molecule has 11 heteroatoms. The first-order chi connectivity index (χ1) is 25.8. The lowest BCUT2D eigenvalue weighted by molar-refractivity contribution is -0.116. The predicted molar refractivity (Wildman–Crippen MR) is 211 cm³/mol. The number of anilines is 2. The number of thiophene rings is 1. The summed E-state index contributed by atoms with van der Waals surface area (Å²) < 4.78 is 10.8. The lowest BCUT2D eigenvalue weighted by Gasteiger charge is -2.18. The maximum Gasteiger partial charge on any atom is 0.341 e. The molecular formula is C42H39N3O6S2. The molecule has 0 saturated heterocycles. The van der Waals surface area contributed by atoms with Crippen molar-refractivity contribution >= 4 is 63.6 Å². The molecule has 3 amide bonds. The largest absolute Gasteiger partial charge is 0.497 e. The zero-order valence-corrected chi connectivity index (χ0v) is 31.0. The number of esters is 1. The number of thioether (sulfide) groups is 1. The van der Waals surface area contributed by atoms with Crippen LogP contribution in [0.2, 0.25) is 0 Å². The molecule has 1 aliphatic rings. The normalized spacial score (nSPS) is 12.9. The van der Waals surface area contributed by atoms with E-state index in [0.717, 1.165) is 46.6 Å². The van der Waals surface area contributed by atoms with E-state index in [1.165, 1.54) is 23.1 Å². The highest BCUT2D eigenvalue weighted by Gasteiger charge is 2.30. The van der Waals surface area contributed by atoms with E-state index in [2.05, 4.69) is 16.0 Å². The maximum absolute atomic E-state index is 14.2. The van der Waals surface area contributed by atoms with Gasteiger partial charge in [-0.2, -0.15) is 0 Å². The molecule has 9 nitrogen and oxygen atoms in total. The summed E-state index contributed by atoms with van der Waals surface area (Å²) in [4.78, 5) is 56.0. The maximum atomic E-state index is 14.2. The quantitative estimate of drug-likeness (QED) is 0.0626. The molecule has 3 N–H and O–H groups in total. The minimum Gasteiger partial charge on any atom is -0.497 e. The Morgan fingerprint density at radius 2 is 1.58 bits per heavy atom. The Morgan fingerprint density at radius 1 is 0.849 bits per heavy atom. The minimum absolute atomic E-state index is 0.0303. The number of hydrogen-bond acceptors (Lipinski definition) is 8. The van der Waals surface area contributed by atoms with Crippen LogP contribution in [0.5, 0.6) is 5.75 Å². The Labute approximate surface area is 316 Å². The number of amides is 3. The Bertz CT molecular complexity index is 2130. The van der Waals surface area contributed by atoms with E-state index in [0.29, 0.717) is 33.1 Å². The molecule has 0 radical (unpaired) electrons. The number of nitrogens with one attached hydrogen (secondary N) is 3. The molecule has 6 rings (SSSR count). The van der Waals surface area contributed by atoms with Crippen LogP contribution in [-0.4, -0.2) is 37.4 Å². The summed E-state index contributed by atoms with van der Waals surface area (Å²) in [6, 6.07) is 32.4. The van der Waals surface area contributed by atoms with Crippen LogP contribution in [-0.2, 0) is 27.2 Å². The number of benzene rings is 4. The van der Waals surface area contributed by atoms with Gasteiger partial charge in [0.05, 0.1) is 19.3 Å². The molecule has 1 aromatic heterocycles. The molecule has 1 unspecified atom stereocenters. The molecule has 1 heterocycles. The van der Waals surface area contributed by atoms with E-state index in [9.17, 15) is 19.2 Å². The molecule has 1 aliphatic carbocycles. The fourth-order valence-corrected chi connectivity index (χ4v) is 8.34. The minimum atomic E-state index is -0.690. The predicted octanol–water partition coefficient (Wildman–Crippen LogP) is 8.69. The van der Waals surface area contributed by atoms with Gasteiger partial charge in [-0.15, -0.1) is 23.1 Å². The van der Waals surface area contributed by atoms with Crippen LogP contribution in [0.3, 0.4) is 0 Å². The Kier molecular flexibility index (Phi) is 12.4. The van der Waals surface area contributed by atoms with Crippen molar-refractivity contribution in [1.82, 2.24) is 5.32 Å². The molecule has 53 heavy (non-hydrogen) atoms. The van der Waals surface area contributed by atoms with Crippen molar-refractivity contribution in [1.29, 1.82) is 0 Å². The molecule has 0 bridgehead atoms. The van der Waals surface area contributed by atoms with Gasteiger partial charge in [-0.3, -0.25) is 14.4 Å². The van der Waals surface area contributed by atoms with Gasteiger partial charge < -0.3 is 25.4 Å². The van der Waals surface area contributed by atoms with Gasteiger partial charge in [-0.25, -0.2) is 4.79 Å². The summed E-state index contributed by atoms with van der Waals surface area (Å²) in [6.07, 6.45) is 5.24. The number of carbonyl (C=O) groups is 4. The van der Waals surface area contributed by atoms with Crippen molar-refractivity contribution in [3.8, 4) is 5.75 Å². The van der Waals surface area contributed by atoms with Crippen LogP contribution in [0.4, 0.5) is 10.7 Å². The van der Waals surface area contributed by atoms with Crippen LogP contribution in [0.25, 0.3) is 6.08 Å². The van der Waals surface area contributed by atoms with E-state index < -0.39 is 23.0 Å². The zero-order valence-electron chi connectivity index (χ0n) is 29.3. The highest BCUT2D eigenvalue weighted by atomic mass is 32.2. The van der Waals surface area contributed by atoms with Crippen molar-refractivity contribution < 1.29 is 28.7 Å². The second-order valence-electron chi connectivity index (χ2n) is 12.2. The van der Waals surface area contributed by atoms with Gasteiger partial charge in [0.15, 0.2) is 0 Å². The van der Waals surface area contributed by atoms with Crippen LogP contribution >= 0.6 is 23.1 Å². The van der Waals surface area contributed by atoms with E-state index in [1.54, 1.807) is 86.8 Å². The molecule has 0 spiro atoms. The number of ether oxygens (including phenoxy) is 2. The lowest BCUT2D eigenvalue weighted by Crippen LogP contribution is -2.30. The third-order valence-electron chi connectivity index (χ3n) is 8.51. The molecule has 270 valence electrons. The van der Waals surface area contributed by atoms with Crippen molar-refractivity contribution in [2.24, 2.45) is 0 Å². The summed E-state index contributed by atoms with van der Waals surface area (Å²) in [6.45, 7) is 2.01. The van der Waals surface area contributed by atoms with Gasteiger partial charge in [0, 0.05) is 21.0 Å². The van der Waals surface area contributed by atoms with Crippen LogP contribution in [0, 0.1) is 0 Å². The average Bonchev–Trinajstić information content (AvgIpc) is 3.55. The Balaban J connectivity index is 1.25. The lowest BCUT2D eigenvalue weighted by atomic mass is 9.95. The monoisotopic (exact) mass is 745 g/mol. The second-order valence-corrected chi connectivity index (χ2v) is 14.5. The van der Waals surface area contributed by atoms with Crippen LogP contribution < -0.4 is 20.7 Å². The van der Waals surface area contributed by atoms with Crippen molar-refractivity contribution in [3.05, 3.63) is 148 Å². The average molecular weight is 746 g/mol. The first kappa shape index (κ1) is 37.1. The Hall–Kier alpha value is -5.65. The third kappa shape index (κ3) is 9.43. The van der Waals surface area contributed by atoms with Gasteiger partial charge in [0.1, 0.15) is 21.7 Å². The van der Waals surface area contributed by atoms with Crippen molar-refractivity contribution in [2.75, 3.05) is 24.4 Å². The molecular weight excluding hydrogens is 707 g/mol. The highest BCUT2D eigenvalue weighted by molar-refractivity contribution is 8.00. The highest BCUT2D eigenvalue weighted by Crippen LogP contribution is 2.41. The molecule has 4 aromatic carbocycles. The third-order valence-corrected chi connectivity index (χ3v) is 11.0. The van der Waals surface area contributed by atoms with E-state index in [4.69, 9.17) is 9.47 Å². The smallest absolute Gasteiger partial charge is 0.341 e. The number of carbonyl (C=O) groups excluding carboxylic acids is 4. The van der Waals surface area contributed by atoms with Crippen LogP contribution in [0.1, 0.15) is 67.3 Å². The standard InChI is InChI=1S/C42H39N3O6S2/c1-3-51-42(49)36-33-22-10-11-23-35(33)53-41(36)45-40(48)37(28-15-6-4-7-16-28)52-32-21-13-19-30(26-32)43-39(47)34(25-27-14-12-20-31(24-27)50-2)44-38(46)29-17-8-5-9-18-29/h4-9,12-21,24-26,37H,3,10-11,22-23H2,1-2H3,(H,43,47)(H,44,46)(H,45,48)/b34-25-. The first-order valence-corrected chi connectivity index (χ1v) is 19.0. The molecule has 0 saturated carbocycles. The Morgan fingerprint density at radius 3 is 2.34 bits per heavy atom. The summed E-state index contributed by atoms with van der Waals surface area (Å²) >= 11 is 2.77. The first-order valence-electron chi connectivity index (χ1n) is 17.3. The van der Waals surface area contributed by atoms with Crippen molar-refractivity contribution in [2.45, 2.75) is 42.8 Å². The molecule has 0 aliphatic heterocycles. The van der Waals surface area contributed by atoms with Gasteiger partial charge in [0.25, 0.3) is 11.8 Å². The van der Waals surface area contributed by atoms with Gasteiger partial charge >= 0.3 is 5.97 Å². The SMILES string of the molecule is CCOC(=O)c1c(NC(=O)C(Sc2cccc(NC(=O)/C(=C/c3cccc(OC)c3)NC(=O)c3ccccc3)c2)c2ccccc2)sc2c1CCCC2.